The molecule has 0 amide bonds. The Kier molecular flexibility index (Phi) is 2.60. The summed E-state index contributed by atoms with van der Waals surface area (Å²) in [5.74, 6) is -0.300. The second kappa shape index (κ2) is 3.91. The van der Waals surface area contributed by atoms with Crippen molar-refractivity contribution in [3.8, 4) is 11.1 Å². The van der Waals surface area contributed by atoms with Gasteiger partial charge in [0.05, 0.1) is 0 Å². The van der Waals surface area contributed by atoms with Crippen LogP contribution in [0.5, 0.6) is 0 Å². The lowest BCUT2D eigenvalue weighted by atomic mass is 10.0. The topological polar surface area (TPSA) is 26.0 Å². The third-order valence-electron chi connectivity index (χ3n) is 2.13. The maximum absolute atomic E-state index is 13.5. The molecule has 0 aliphatic heterocycles. The smallest absolute Gasteiger partial charge is 0.131 e. The predicted molar refractivity (Wildman–Crippen MR) is 61.3 cm³/mol. The molecule has 0 aliphatic rings. The summed E-state index contributed by atoms with van der Waals surface area (Å²) in [5.41, 5.74) is 7.34. The Hall–Kier alpha value is -1.54. The van der Waals surface area contributed by atoms with Crippen molar-refractivity contribution in [2.45, 2.75) is 0 Å². The van der Waals surface area contributed by atoms with Gasteiger partial charge in [-0.05, 0) is 35.9 Å². The van der Waals surface area contributed by atoms with E-state index in [4.69, 9.17) is 17.3 Å². The lowest BCUT2D eigenvalue weighted by Crippen LogP contribution is -1.89. The SMILES string of the molecule is Nc1ccc(F)c(-c2cccc(Cl)c2)c1. The number of nitrogen functional groups attached to an aromatic ring is 1. The van der Waals surface area contributed by atoms with Crippen molar-refractivity contribution in [3.05, 3.63) is 53.3 Å². The number of halogens is 2. The Morgan fingerprint density at radius 1 is 1.07 bits per heavy atom. The summed E-state index contributed by atoms with van der Waals surface area (Å²) >= 11 is 5.83. The minimum absolute atomic E-state index is 0.300. The zero-order valence-electron chi connectivity index (χ0n) is 7.87. The van der Waals surface area contributed by atoms with Gasteiger partial charge in [-0.2, -0.15) is 0 Å². The van der Waals surface area contributed by atoms with Crippen LogP contribution in [0.2, 0.25) is 5.02 Å². The van der Waals surface area contributed by atoms with Crippen LogP contribution in [0, 0.1) is 5.82 Å². The van der Waals surface area contributed by atoms with Gasteiger partial charge in [-0.25, -0.2) is 4.39 Å². The molecular weight excluding hydrogens is 213 g/mol. The van der Waals surface area contributed by atoms with Crippen molar-refractivity contribution < 1.29 is 4.39 Å². The van der Waals surface area contributed by atoms with E-state index in [2.05, 4.69) is 0 Å². The largest absolute Gasteiger partial charge is 0.399 e. The minimum Gasteiger partial charge on any atom is -0.399 e. The van der Waals surface area contributed by atoms with Gasteiger partial charge in [0.1, 0.15) is 5.82 Å². The monoisotopic (exact) mass is 221 g/mol. The first-order chi connectivity index (χ1) is 7.16. The Bertz CT molecular complexity index is 497. The van der Waals surface area contributed by atoms with Crippen molar-refractivity contribution in [2.24, 2.45) is 0 Å². The molecule has 0 unspecified atom stereocenters. The highest BCUT2D eigenvalue weighted by atomic mass is 35.5. The van der Waals surface area contributed by atoms with Gasteiger partial charge in [0.25, 0.3) is 0 Å². The average molecular weight is 222 g/mol. The van der Waals surface area contributed by atoms with E-state index in [1.165, 1.54) is 12.1 Å². The van der Waals surface area contributed by atoms with Gasteiger partial charge in [-0.3, -0.25) is 0 Å². The van der Waals surface area contributed by atoms with Crippen LogP contribution in [0.3, 0.4) is 0 Å². The van der Waals surface area contributed by atoms with Crippen LogP contribution in [0.25, 0.3) is 11.1 Å². The molecule has 0 aliphatic carbocycles. The van der Waals surface area contributed by atoms with Crippen molar-refractivity contribution >= 4 is 17.3 Å². The molecule has 76 valence electrons. The number of hydrogen-bond acceptors (Lipinski definition) is 1. The maximum Gasteiger partial charge on any atom is 0.131 e. The molecule has 3 heteroatoms. The summed E-state index contributed by atoms with van der Waals surface area (Å²) in [6.45, 7) is 0. The van der Waals surface area contributed by atoms with E-state index in [0.29, 0.717) is 16.3 Å². The van der Waals surface area contributed by atoms with Crippen molar-refractivity contribution in [1.29, 1.82) is 0 Å². The molecule has 2 N–H and O–H groups in total. The molecular formula is C12H9ClFN. The zero-order valence-corrected chi connectivity index (χ0v) is 8.63. The van der Waals surface area contributed by atoms with E-state index in [-0.39, 0.29) is 5.82 Å². The highest BCUT2D eigenvalue weighted by molar-refractivity contribution is 6.30. The fourth-order valence-corrected chi connectivity index (χ4v) is 1.61. The molecule has 2 aromatic carbocycles. The Morgan fingerprint density at radius 3 is 2.60 bits per heavy atom. The number of hydrogen-bond donors (Lipinski definition) is 1. The van der Waals surface area contributed by atoms with E-state index < -0.39 is 0 Å². The molecule has 0 aromatic heterocycles. The lowest BCUT2D eigenvalue weighted by molar-refractivity contribution is 0.631. The van der Waals surface area contributed by atoms with Gasteiger partial charge in [0.2, 0.25) is 0 Å². The van der Waals surface area contributed by atoms with Gasteiger partial charge >= 0.3 is 0 Å². The van der Waals surface area contributed by atoms with Crippen LogP contribution in [0.15, 0.2) is 42.5 Å². The average Bonchev–Trinajstić information content (AvgIpc) is 2.22. The summed E-state index contributed by atoms with van der Waals surface area (Å²) in [5, 5.41) is 0.578. The van der Waals surface area contributed by atoms with Gasteiger partial charge < -0.3 is 5.73 Å². The Balaban J connectivity index is 2.58. The first kappa shape index (κ1) is 9.99. The first-order valence-electron chi connectivity index (χ1n) is 4.48. The third kappa shape index (κ3) is 2.10. The van der Waals surface area contributed by atoms with E-state index in [1.54, 1.807) is 30.3 Å². The third-order valence-corrected chi connectivity index (χ3v) is 2.36. The number of benzene rings is 2. The predicted octanol–water partition coefficient (Wildman–Crippen LogP) is 3.73. The Labute approximate surface area is 92.3 Å². The van der Waals surface area contributed by atoms with Gasteiger partial charge in [0, 0.05) is 16.3 Å². The van der Waals surface area contributed by atoms with Crippen LogP contribution >= 0.6 is 11.6 Å². The fourth-order valence-electron chi connectivity index (χ4n) is 1.42. The second-order valence-corrected chi connectivity index (χ2v) is 3.69. The number of nitrogens with two attached hydrogens (primary N) is 1. The van der Waals surface area contributed by atoms with Crippen molar-refractivity contribution in [2.75, 3.05) is 5.73 Å². The molecule has 0 saturated heterocycles. The molecule has 0 spiro atoms. The van der Waals surface area contributed by atoms with Crippen molar-refractivity contribution in [3.63, 3.8) is 0 Å². The zero-order chi connectivity index (χ0) is 10.8. The van der Waals surface area contributed by atoms with Crippen LogP contribution in [0.1, 0.15) is 0 Å². The second-order valence-electron chi connectivity index (χ2n) is 3.25. The molecule has 2 rings (SSSR count). The molecule has 15 heavy (non-hydrogen) atoms. The normalized spacial score (nSPS) is 10.3. The first-order valence-corrected chi connectivity index (χ1v) is 4.85. The van der Waals surface area contributed by atoms with E-state index in [1.807, 2.05) is 0 Å². The molecule has 0 fully saturated rings. The molecule has 0 heterocycles. The molecule has 2 aromatic rings. The highest BCUT2D eigenvalue weighted by Crippen LogP contribution is 2.26. The van der Waals surface area contributed by atoms with E-state index >= 15 is 0 Å². The summed E-state index contributed by atoms with van der Waals surface area (Å²) < 4.78 is 13.5. The summed E-state index contributed by atoms with van der Waals surface area (Å²) in [6, 6.07) is 11.5. The summed E-state index contributed by atoms with van der Waals surface area (Å²) in [4.78, 5) is 0. The quantitative estimate of drug-likeness (QED) is 0.730. The van der Waals surface area contributed by atoms with Gasteiger partial charge in [-0.15, -0.1) is 0 Å². The number of anilines is 1. The van der Waals surface area contributed by atoms with Crippen molar-refractivity contribution in [1.82, 2.24) is 0 Å². The molecule has 0 saturated carbocycles. The van der Waals surface area contributed by atoms with Gasteiger partial charge in [0.15, 0.2) is 0 Å². The van der Waals surface area contributed by atoms with Crippen LogP contribution in [-0.4, -0.2) is 0 Å². The molecule has 0 bridgehead atoms. The standard InChI is InChI=1S/C12H9ClFN/c13-9-3-1-2-8(6-9)11-7-10(15)4-5-12(11)14/h1-7H,15H2. The molecule has 1 nitrogen and oxygen atoms in total. The highest BCUT2D eigenvalue weighted by Gasteiger charge is 2.05. The van der Waals surface area contributed by atoms with Crippen LogP contribution < -0.4 is 5.73 Å². The number of rotatable bonds is 1. The molecule has 0 atom stereocenters. The lowest BCUT2D eigenvalue weighted by Gasteiger charge is -2.04. The summed E-state index contributed by atoms with van der Waals surface area (Å²) in [7, 11) is 0. The van der Waals surface area contributed by atoms with Crippen LogP contribution in [-0.2, 0) is 0 Å². The Morgan fingerprint density at radius 2 is 1.87 bits per heavy atom. The van der Waals surface area contributed by atoms with Crippen LogP contribution in [0.4, 0.5) is 10.1 Å². The minimum atomic E-state index is -0.300. The van der Waals surface area contributed by atoms with E-state index in [0.717, 1.165) is 5.56 Å². The van der Waals surface area contributed by atoms with Gasteiger partial charge in [-0.1, -0.05) is 23.7 Å². The molecule has 0 radical (unpaired) electrons. The maximum atomic E-state index is 13.5. The summed E-state index contributed by atoms with van der Waals surface area (Å²) in [6.07, 6.45) is 0. The fraction of sp³-hybridized carbons (Fsp3) is 0. The van der Waals surface area contributed by atoms with E-state index in [9.17, 15) is 4.39 Å².